The van der Waals surface area contributed by atoms with Crippen LogP contribution in [-0.4, -0.2) is 25.6 Å². The average molecular weight is 387 g/mol. The van der Waals surface area contributed by atoms with Gasteiger partial charge < -0.3 is 14.4 Å². The smallest absolute Gasteiger partial charge is 0.258 e. The number of fused-ring (bicyclic) bond motifs is 1. The number of nitrogens with one attached hydrogen (secondary N) is 1. The molecule has 0 spiro atoms. The first-order valence-electron chi connectivity index (χ1n) is 9.86. The van der Waals surface area contributed by atoms with Gasteiger partial charge in [-0.2, -0.15) is 4.98 Å². The molecule has 1 aliphatic rings. The molecule has 0 atom stereocenters. The van der Waals surface area contributed by atoms with Gasteiger partial charge in [0.1, 0.15) is 0 Å². The van der Waals surface area contributed by atoms with Crippen LogP contribution in [0.1, 0.15) is 38.6 Å². The van der Waals surface area contributed by atoms with E-state index in [1.807, 2.05) is 42.7 Å². The van der Waals surface area contributed by atoms with E-state index in [-0.39, 0.29) is 5.91 Å². The Morgan fingerprint density at radius 1 is 1.10 bits per heavy atom. The summed E-state index contributed by atoms with van der Waals surface area (Å²) >= 11 is 0. The third-order valence-electron chi connectivity index (χ3n) is 5.43. The van der Waals surface area contributed by atoms with Gasteiger partial charge in [0.25, 0.3) is 5.89 Å². The standard InChI is InChI=1S/C22H21N5O2/c1-14(28)24-17-9-6-15(7-10-17)22-25-21(26-29-22)16-8-11-20-19(12-16)23-13-27(20)18-4-2-3-5-18/h6-13,18H,2-5H2,1H3,(H,24,28). The molecule has 0 aliphatic heterocycles. The molecule has 29 heavy (non-hydrogen) atoms. The van der Waals surface area contributed by atoms with Gasteiger partial charge in [0, 0.05) is 29.8 Å². The zero-order valence-corrected chi connectivity index (χ0v) is 16.1. The van der Waals surface area contributed by atoms with Crippen LogP contribution in [0.15, 0.2) is 53.3 Å². The monoisotopic (exact) mass is 387 g/mol. The van der Waals surface area contributed by atoms with Crippen LogP contribution in [0.2, 0.25) is 0 Å². The number of hydrogen-bond acceptors (Lipinski definition) is 5. The van der Waals surface area contributed by atoms with Gasteiger partial charge in [-0.1, -0.05) is 18.0 Å². The summed E-state index contributed by atoms with van der Waals surface area (Å²) in [7, 11) is 0. The van der Waals surface area contributed by atoms with Crippen molar-refractivity contribution in [3.8, 4) is 22.8 Å². The second kappa shape index (κ2) is 7.16. The zero-order chi connectivity index (χ0) is 19.8. The molecule has 0 bridgehead atoms. The quantitative estimate of drug-likeness (QED) is 0.542. The summed E-state index contributed by atoms with van der Waals surface area (Å²) in [5.41, 5.74) is 4.49. The van der Waals surface area contributed by atoms with Crippen LogP contribution in [0.3, 0.4) is 0 Å². The maximum atomic E-state index is 11.1. The average Bonchev–Trinajstić information content (AvgIpc) is 3.47. The minimum Gasteiger partial charge on any atom is -0.334 e. The lowest BCUT2D eigenvalue weighted by molar-refractivity contribution is -0.114. The molecule has 1 fully saturated rings. The third-order valence-corrected chi connectivity index (χ3v) is 5.43. The van der Waals surface area contributed by atoms with Crippen LogP contribution >= 0.6 is 0 Å². The topological polar surface area (TPSA) is 85.8 Å². The second-order valence-corrected chi connectivity index (χ2v) is 7.48. The minimum atomic E-state index is -0.108. The highest BCUT2D eigenvalue weighted by molar-refractivity contribution is 5.88. The molecule has 0 saturated heterocycles. The molecule has 1 N–H and O–H groups in total. The highest BCUT2D eigenvalue weighted by Crippen LogP contribution is 2.33. The molecule has 7 heteroatoms. The lowest BCUT2D eigenvalue weighted by Gasteiger charge is -2.11. The van der Waals surface area contributed by atoms with Gasteiger partial charge in [-0.15, -0.1) is 0 Å². The molecule has 0 radical (unpaired) electrons. The van der Waals surface area contributed by atoms with Gasteiger partial charge in [0.15, 0.2) is 0 Å². The summed E-state index contributed by atoms with van der Waals surface area (Å²) in [6.45, 7) is 1.48. The third kappa shape index (κ3) is 3.40. The number of amides is 1. The van der Waals surface area contributed by atoms with E-state index < -0.39 is 0 Å². The van der Waals surface area contributed by atoms with Gasteiger partial charge in [0.05, 0.1) is 17.4 Å². The van der Waals surface area contributed by atoms with Crippen molar-refractivity contribution in [2.45, 2.75) is 38.6 Å². The first-order chi connectivity index (χ1) is 14.2. The van der Waals surface area contributed by atoms with E-state index in [1.54, 1.807) is 0 Å². The van der Waals surface area contributed by atoms with Crippen molar-refractivity contribution < 1.29 is 9.32 Å². The summed E-state index contributed by atoms with van der Waals surface area (Å²) in [4.78, 5) is 20.3. The van der Waals surface area contributed by atoms with Crippen LogP contribution in [0.25, 0.3) is 33.9 Å². The molecule has 4 aromatic rings. The van der Waals surface area contributed by atoms with Gasteiger partial charge in [0.2, 0.25) is 11.7 Å². The number of nitrogens with zero attached hydrogens (tertiary/aromatic N) is 4. The van der Waals surface area contributed by atoms with Gasteiger partial charge in [-0.05, 0) is 55.3 Å². The second-order valence-electron chi connectivity index (χ2n) is 7.48. The summed E-state index contributed by atoms with van der Waals surface area (Å²) in [5.74, 6) is 0.859. The van der Waals surface area contributed by atoms with Crippen molar-refractivity contribution >= 4 is 22.6 Å². The molecular formula is C22H21N5O2. The van der Waals surface area contributed by atoms with Crippen molar-refractivity contribution in [2.75, 3.05) is 5.32 Å². The van der Waals surface area contributed by atoms with E-state index >= 15 is 0 Å². The molecule has 0 unspecified atom stereocenters. The van der Waals surface area contributed by atoms with Crippen LogP contribution in [-0.2, 0) is 4.79 Å². The Hall–Kier alpha value is -3.48. The molecular weight excluding hydrogens is 366 g/mol. The molecule has 5 rings (SSSR count). The molecule has 1 amide bonds. The number of benzene rings is 2. The summed E-state index contributed by atoms with van der Waals surface area (Å²) in [6.07, 6.45) is 6.98. The number of anilines is 1. The van der Waals surface area contributed by atoms with Crippen LogP contribution < -0.4 is 5.32 Å². The first kappa shape index (κ1) is 17.6. The Morgan fingerprint density at radius 3 is 2.62 bits per heavy atom. The number of imidazole rings is 1. The minimum absolute atomic E-state index is 0.108. The van der Waals surface area contributed by atoms with Crippen molar-refractivity contribution in [2.24, 2.45) is 0 Å². The van der Waals surface area contributed by atoms with E-state index in [4.69, 9.17) is 4.52 Å². The normalized spacial score (nSPS) is 14.5. The fourth-order valence-electron chi connectivity index (χ4n) is 4.00. The molecule has 7 nitrogen and oxygen atoms in total. The predicted octanol–water partition coefficient (Wildman–Crippen LogP) is 4.83. The van der Waals surface area contributed by atoms with Gasteiger partial charge in [-0.25, -0.2) is 4.98 Å². The maximum Gasteiger partial charge on any atom is 0.258 e. The SMILES string of the molecule is CC(=O)Nc1ccc(-c2nc(-c3ccc4c(c3)ncn4C3CCCC3)no2)cc1. The largest absolute Gasteiger partial charge is 0.334 e. The Labute approximate surface area is 167 Å². The number of hydrogen-bond donors (Lipinski definition) is 1. The van der Waals surface area contributed by atoms with E-state index in [0.717, 1.165) is 27.8 Å². The fourth-order valence-corrected chi connectivity index (χ4v) is 4.00. The van der Waals surface area contributed by atoms with Crippen molar-refractivity contribution in [3.63, 3.8) is 0 Å². The molecule has 1 aliphatic carbocycles. The fraction of sp³-hybridized carbons (Fsp3) is 0.273. The first-order valence-corrected chi connectivity index (χ1v) is 9.86. The Kier molecular flexibility index (Phi) is 4.35. The van der Waals surface area contributed by atoms with Crippen molar-refractivity contribution in [3.05, 3.63) is 48.8 Å². The van der Waals surface area contributed by atoms with E-state index in [0.29, 0.717) is 17.8 Å². The number of carbonyl (C=O) groups excluding carboxylic acids is 1. The maximum absolute atomic E-state index is 11.1. The molecule has 2 aromatic carbocycles. The van der Waals surface area contributed by atoms with Crippen LogP contribution in [0.4, 0.5) is 5.69 Å². The lowest BCUT2D eigenvalue weighted by Crippen LogP contribution is -2.05. The Morgan fingerprint density at radius 2 is 1.86 bits per heavy atom. The predicted molar refractivity (Wildman–Crippen MR) is 110 cm³/mol. The van der Waals surface area contributed by atoms with Gasteiger partial charge >= 0.3 is 0 Å². The van der Waals surface area contributed by atoms with E-state index in [9.17, 15) is 4.79 Å². The molecule has 2 heterocycles. The summed E-state index contributed by atoms with van der Waals surface area (Å²) < 4.78 is 7.75. The molecule has 1 saturated carbocycles. The van der Waals surface area contributed by atoms with E-state index in [1.165, 1.54) is 32.6 Å². The molecule has 2 aromatic heterocycles. The molecule has 146 valence electrons. The Bertz CT molecular complexity index is 1170. The highest BCUT2D eigenvalue weighted by Gasteiger charge is 2.19. The summed E-state index contributed by atoms with van der Waals surface area (Å²) in [5, 5.41) is 6.87. The van der Waals surface area contributed by atoms with Crippen LogP contribution in [0.5, 0.6) is 0 Å². The van der Waals surface area contributed by atoms with Crippen molar-refractivity contribution in [1.29, 1.82) is 0 Å². The van der Waals surface area contributed by atoms with Gasteiger partial charge in [-0.3, -0.25) is 4.79 Å². The van der Waals surface area contributed by atoms with Crippen LogP contribution in [0, 0.1) is 0 Å². The zero-order valence-electron chi connectivity index (χ0n) is 16.1. The Balaban J connectivity index is 1.41. The number of rotatable bonds is 4. The highest BCUT2D eigenvalue weighted by atomic mass is 16.5. The lowest BCUT2D eigenvalue weighted by atomic mass is 10.1. The number of carbonyl (C=O) groups is 1. The number of aromatic nitrogens is 4. The van der Waals surface area contributed by atoms with Crippen molar-refractivity contribution in [1.82, 2.24) is 19.7 Å². The van der Waals surface area contributed by atoms with E-state index in [2.05, 4.69) is 31.1 Å². The summed E-state index contributed by atoms with van der Waals surface area (Å²) in [6, 6.07) is 14.0.